The van der Waals surface area contributed by atoms with E-state index in [0.29, 0.717) is 0 Å². The van der Waals surface area contributed by atoms with Gasteiger partial charge in [0, 0.05) is 8.95 Å². The van der Waals surface area contributed by atoms with E-state index in [9.17, 15) is 5.11 Å². The lowest BCUT2D eigenvalue weighted by atomic mass is 9.98. The van der Waals surface area contributed by atoms with Crippen LogP contribution in [0.4, 0.5) is 0 Å². The molecule has 0 bridgehead atoms. The lowest BCUT2D eigenvalue weighted by molar-refractivity contribution is 0.219. The Kier molecular flexibility index (Phi) is 4.02. The second-order valence-electron chi connectivity index (χ2n) is 3.96. The Balaban J connectivity index is 2.43. The summed E-state index contributed by atoms with van der Waals surface area (Å²) in [7, 11) is 0. The minimum atomic E-state index is -0.593. The lowest BCUT2D eigenvalue weighted by Gasteiger charge is -2.14. The average Bonchev–Trinajstić information content (AvgIpc) is 2.27. The maximum absolute atomic E-state index is 10.4. The van der Waals surface area contributed by atoms with Crippen LogP contribution in [0.1, 0.15) is 22.8 Å². The van der Waals surface area contributed by atoms with E-state index in [0.717, 1.165) is 25.6 Å². The van der Waals surface area contributed by atoms with Crippen molar-refractivity contribution in [3.63, 3.8) is 0 Å². The summed E-state index contributed by atoms with van der Waals surface area (Å²) >= 11 is 6.86. The van der Waals surface area contributed by atoms with Gasteiger partial charge in [-0.05, 0) is 41.8 Å². The zero-order valence-electron chi connectivity index (χ0n) is 9.32. The maximum atomic E-state index is 10.4. The summed E-state index contributed by atoms with van der Waals surface area (Å²) in [5, 5.41) is 10.4. The van der Waals surface area contributed by atoms with Crippen LogP contribution in [-0.4, -0.2) is 5.11 Å². The van der Waals surface area contributed by atoms with Gasteiger partial charge in [-0.15, -0.1) is 0 Å². The highest BCUT2D eigenvalue weighted by molar-refractivity contribution is 9.11. The molecule has 0 aliphatic rings. The normalized spacial score (nSPS) is 12.5. The van der Waals surface area contributed by atoms with Gasteiger partial charge in [-0.2, -0.15) is 0 Å². The van der Waals surface area contributed by atoms with Gasteiger partial charge in [0.1, 0.15) is 6.10 Å². The molecule has 1 atom stereocenters. The third-order valence-electron chi connectivity index (χ3n) is 2.68. The number of aliphatic hydroxyl groups excluding tert-OH is 1. The van der Waals surface area contributed by atoms with Gasteiger partial charge in [0.15, 0.2) is 0 Å². The Morgan fingerprint density at radius 1 is 1.00 bits per heavy atom. The molecule has 0 amide bonds. The molecule has 1 unspecified atom stereocenters. The van der Waals surface area contributed by atoms with Crippen molar-refractivity contribution >= 4 is 31.9 Å². The van der Waals surface area contributed by atoms with Crippen molar-refractivity contribution in [1.82, 2.24) is 0 Å². The molecule has 0 heterocycles. The summed E-state index contributed by atoms with van der Waals surface area (Å²) < 4.78 is 1.91. The van der Waals surface area contributed by atoms with Crippen molar-refractivity contribution in [2.24, 2.45) is 0 Å². The predicted octanol–water partition coefficient (Wildman–Crippen LogP) is 4.60. The molecule has 88 valence electrons. The van der Waals surface area contributed by atoms with Crippen molar-refractivity contribution in [3.8, 4) is 0 Å². The largest absolute Gasteiger partial charge is 0.384 e. The van der Waals surface area contributed by atoms with Crippen LogP contribution in [0.25, 0.3) is 0 Å². The molecule has 1 nitrogen and oxygen atoms in total. The van der Waals surface area contributed by atoms with Crippen LogP contribution in [0.2, 0.25) is 0 Å². The van der Waals surface area contributed by atoms with Crippen molar-refractivity contribution in [2.45, 2.75) is 13.0 Å². The fourth-order valence-electron chi connectivity index (χ4n) is 1.81. The molecule has 0 aliphatic carbocycles. The number of aliphatic hydroxyl groups is 1. The van der Waals surface area contributed by atoms with E-state index in [4.69, 9.17) is 0 Å². The van der Waals surface area contributed by atoms with Crippen molar-refractivity contribution < 1.29 is 5.11 Å². The molecule has 0 spiro atoms. The van der Waals surface area contributed by atoms with Crippen molar-refractivity contribution in [2.75, 3.05) is 0 Å². The first-order valence-electron chi connectivity index (χ1n) is 5.27. The fraction of sp³-hybridized carbons (Fsp3) is 0.143. The molecule has 17 heavy (non-hydrogen) atoms. The molecule has 1 N–H and O–H groups in total. The van der Waals surface area contributed by atoms with Gasteiger partial charge in [0.05, 0.1) is 0 Å². The predicted molar refractivity (Wildman–Crippen MR) is 77.1 cm³/mol. The molecule has 2 aromatic carbocycles. The number of halogens is 2. The van der Waals surface area contributed by atoms with Crippen molar-refractivity contribution in [1.29, 1.82) is 0 Å². The number of benzene rings is 2. The second kappa shape index (κ2) is 5.34. The van der Waals surface area contributed by atoms with Crippen LogP contribution in [0.15, 0.2) is 51.4 Å². The molecule has 0 aromatic heterocycles. The van der Waals surface area contributed by atoms with Gasteiger partial charge in [-0.3, -0.25) is 0 Å². The fourth-order valence-corrected chi connectivity index (χ4v) is 3.14. The van der Waals surface area contributed by atoms with Crippen molar-refractivity contribution in [3.05, 3.63) is 68.1 Å². The van der Waals surface area contributed by atoms with Crippen LogP contribution < -0.4 is 0 Å². The highest BCUT2D eigenvalue weighted by atomic mass is 79.9. The summed E-state index contributed by atoms with van der Waals surface area (Å²) in [4.78, 5) is 0. The monoisotopic (exact) mass is 354 g/mol. The molecule has 3 heteroatoms. The topological polar surface area (TPSA) is 20.2 Å². The smallest absolute Gasteiger partial charge is 0.104 e. The van der Waals surface area contributed by atoms with E-state index in [1.165, 1.54) is 0 Å². The summed E-state index contributed by atoms with van der Waals surface area (Å²) in [5.74, 6) is 0. The van der Waals surface area contributed by atoms with E-state index in [-0.39, 0.29) is 0 Å². The van der Waals surface area contributed by atoms with Crippen LogP contribution in [-0.2, 0) is 0 Å². The number of hydrogen-bond acceptors (Lipinski definition) is 1. The zero-order valence-corrected chi connectivity index (χ0v) is 12.5. The zero-order chi connectivity index (χ0) is 12.4. The van der Waals surface area contributed by atoms with Gasteiger partial charge in [0.2, 0.25) is 0 Å². The first kappa shape index (κ1) is 12.8. The molecular formula is C14H12Br2O. The average molecular weight is 356 g/mol. The van der Waals surface area contributed by atoms with Gasteiger partial charge in [-0.25, -0.2) is 0 Å². The molecule has 2 rings (SSSR count). The minimum Gasteiger partial charge on any atom is -0.384 e. The maximum Gasteiger partial charge on any atom is 0.104 e. The number of rotatable bonds is 2. The number of aryl methyl sites for hydroxylation is 1. The summed E-state index contributed by atoms with van der Waals surface area (Å²) in [6.45, 7) is 2.01. The third kappa shape index (κ3) is 2.97. The highest BCUT2D eigenvalue weighted by Crippen LogP contribution is 2.29. The van der Waals surface area contributed by atoms with E-state index < -0.39 is 6.10 Å². The molecule has 0 fully saturated rings. The quantitative estimate of drug-likeness (QED) is 0.834. The van der Waals surface area contributed by atoms with E-state index in [1.807, 2.05) is 49.4 Å². The molecule has 2 aromatic rings. The Labute approximate surface area is 118 Å². The van der Waals surface area contributed by atoms with Gasteiger partial charge in [0.25, 0.3) is 0 Å². The lowest BCUT2D eigenvalue weighted by Crippen LogP contribution is -2.01. The molecule has 0 aliphatic heterocycles. The van der Waals surface area contributed by atoms with Crippen LogP contribution in [0.5, 0.6) is 0 Å². The summed E-state index contributed by atoms with van der Waals surface area (Å²) in [5.41, 5.74) is 2.91. The Hall–Kier alpha value is -0.640. The van der Waals surface area contributed by atoms with Crippen LogP contribution in [0.3, 0.4) is 0 Å². The summed E-state index contributed by atoms with van der Waals surface area (Å²) in [6, 6.07) is 13.7. The SMILES string of the molecule is Cc1ccccc1C(O)c1cc(Br)cc(Br)c1. The van der Waals surface area contributed by atoms with Gasteiger partial charge in [-0.1, -0.05) is 56.1 Å². The van der Waals surface area contributed by atoms with E-state index in [2.05, 4.69) is 31.9 Å². The van der Waals surface area contributed by atoms with Gasteiger partial charge < -0.3 is 5.11 Å². The summed E-state index contributed by atoms with van der Waals surface area (Å²) in [6.07, 6.45) is -0.593. The first-order valence-corrected chi connectivity index (χ1v) is 6.86. The Bertz CT molecular complexity index is 517. The molecular weight excluding hydrogens is 344 g/mol. The van der Waals surface area contributed by atoms with Crippen LogP contribution >= 0.6 is 31.9 Å². The Morgan fingerprint density at radius 2 is 1.59 bits per heavy atom. The molecule has 0 saturated heterocycles. The van der Waals surface area contributed by atoms with E-state index >= 15 is 0 Å². The molecule has 0 radical (unpaired) electrons. The Morgan fingerprint density at radius 3 is 2.18 bits per heavy atom. The minimum absolute atomic E-state index is 0.593. The number of hydrogen-bond donors (Lipinski definition) is 1. The second-order valence-corrected chi connectivity index (χ2v) is 5.79. The molecule has 0 saturated carbocycles. The van der Waals surface area contributed by atoms with Crippen LogP contribution in [0, 0.1) is 6.92 Å². The first-order chi connectivity index (χ1) is 8.08. The highest BCUT2D eigenvalue weighted by Gasteiger charge is 2.13. The van der Waals surface area contributed by atoms with Gasteiger partial charge >= 0.3 is 0 Å². The standard InChI is InChI=1S/C14H12Br2O/c1-9-4-2-3-5-13(9)14(17)10-6-11(15)8-12(16)7-10/h2-8,14,17H,1H3. The van der Waals surface area contributed by atoms with E-state index in [1.54, 1.807) is 0 Å². The third-order valence-corrected chi connectivity index (χ3v) is 3.60.